The summed E-state index contributed by atoms with van der Waals surface area (Å²) in [5, 5.41) is 6.34. The molecule has 11 rings (SSSR count). The fourth-order valence-corrected chi connectivity index (χ4v) is 13.3. The van der Waals surface area contributed by atoms with Crippen molar-refractivity contribution in [3.8, 4) is 22.6 Å². The van der Waals surface area contributed by atoms with Crippen LogP contribution in [0.5, 0.6) is 0 Å². The third-order valence-corrected chi connectivity index (χ3v) is 15.8. The molecule has 0 aliphatic heterocycles. The molecule has 11 aromatic rings. The van der Waals surface area contributed by atoms with Crippen LogP contribution in [0.2, 0.25) is 0 Å². The summed E-state index contributed by atoms with van der Waals surface area (Å²) in [5.74, 6) is 0.778. The van der Waals surface area contributed by atoms with E-state index < -0.39 is 8.07 Å². The molecule has 0 amide bonds. The van der Waals surface area contributed by atoms with Crippen molar-refractivity contribution in [2.24, 2.45) is 0 Å². The number of fused-ring (bicyclic) bond motifs is 5. The lowest BCUT2D eigenvalue weighted by molar-refractivity contribution is 0.664. The topological polar surface area (TPSA) is 61.7 Å². The van der Waals surface area contributed by atoms with Gasteiger partial charge in [0, 0.05) is 5.39 Å². The van der Waals surface area contributed by atoms with Crippen LogP contribution in [0.15, 0.2) is 205 Å². The predicted molar refractivity (Wildman–Crippen MR) is 230 cm³/mol. The number of pyridine rings is 1. The quantitative estimate of drug-likeness (QED) is 0.121. The van der Waals surface area contributed by atoms with Gasteiger partial charge in [0.2, 0.25) is 0 Å². The highest BCUT2D eigenvalue weighted by Crippen LogP contribution is 2.34. The molecule has 7 heteroatoms. The number of aromatic nitrogens is 5. The normalized spacial score (nSPS) is 11.9. The van der Waals surface area contributed by atoms with Crippen molar-refractivity contribution in [3.63, 3.8) is 0 Å². The zero-order valence-electron chi connectivity index (χ0n) is 30.2. The van der Waals surface area contributed by atoms with Crippen molar-refractivity contribution in [2.75, 3.05) is 0 Å². The van der Waals surface area contributed by atoms with E-state index in [-0.39, 0.29) is 0 Å². The number of rotatable bonds is 7. The molecule has 0 bridgehead atoms. The lowest BCUT2D eigenvalue weighted by Gasteiger charge is -2.34. The highest BCUT2D eigenvalue weighted by molar-refractivity contribution is 7.19. The van der Waals surface area contributed by atoms with Crippen molar-refractivity contribution < 1.29 is 4.42 Å². The van der Waals surface area contributed by atoms with Crippen LogP contribution < -0.4 is 20.7 Å². The van der Waals surface area contributed by atoms with E-state index in [1.807, 2.05) is 49.1 Å². The molecule has 4 heterocycles. The van der Waals surface area contributed by atoms with Gasteiger partial charge in [0.15, 0.2) is 19.2 Å². The van der Waals surface area contributed by atoms with E-state index in [9.17, 15) is 0 Å². The van der Waals surface area contributed by atoms with E-state index in [1.54, 1.807) is 0 Å². The number of hydrogen-bond acceptors (Lipinski definition) is 4. The van der Waals surface area contributed by atoms with Gasteiger partial charge in [0.05, 0.1) is 27.8 Å². The van der Waals surface area contributed by atoms with Crippen molar-refractivity contribution in [3.05, 3.63) is 201 Å². The molecular weight excluding hydrogens is 703 g/mol. The molecular formula is C49H33N5OSi. The maximum atomic E-state index is 6.47. The second-order valence-corrected chi connectivity index (χ2v) is 17.9. The van der Waals surface area contributed by atoms with Crippen LogP contribution in [0.3, 0.4) is 0 Å². The first-order chi connectivity index (χ1) is 27.8. The largest absolute Gasteiger partial charge is 0.452 e. The first-order valence-electron chi connectivity index (χ1n) is 18.8. The molecule has 0 fully saturated rings. The van der Waals surface area contributed by atoms with E-state index in [4.69, 9.17) is 14.4 Å². The predicted octanol–water partition coefficient (Wildman–Crippen LogP) is 8.70. The molecule has 4 aromatic heterocycles. The molecule has 0 spiro atoms. The minimum Gasteiger partial charge on any atom is -0.452 e. The van der Waals surface area contributed by atoms with Crippen LogP contribution in [0, 0.1) is 0 Å². The Hall–Kier alpha value is -7.35. The number of furan rings is 1. The Balaban J connectivity index is 1.00. The molecule has 264 valence electrons. The van der Waals surface area contributed by atoms with Crippen molar-refractivity contribution in [2.45, 2.75) is 0 Å². The summed E-state index contributed by atoms with van der Waals surface area (Å²) in [6.07, 6.45) is 3.71. The molecule has 0 saturated carbocycles. The zero-order chi connectivity index (χ0) is 37.1. The Morgan fingerprint density at radius 2 is 1.05 bits per heavy atom. The van der Waals surface area contributed by atoms with E-state index in [1.165, 1.54) is 20.7 Å². The van der Waals surface area contributed by atoms with Gasteiger partial charge in [-0.2, -0.15) is 0 Å². The number of imidazole rings is 2. The smallest absolute Gasteiger partial charge is 0.179 e. The second kappa shape index (κ2) is 12.9. The van der Waals surface area contributed by atoms with Gasteiger partial charge in [0.1, 0.15) is 24.0 Å². The summed E-state index contributed by atoms with van der Waals surface area (Å²) in [6, 6.07) is 67.1. The molecule has 0 N–H and O–H groups in total. The Kier molecular flexibility index (Phi) is 7.40. The average Bonchev–Trinajstić information content (AvgIpc) is 4.00. The lowest BCUT2D eigenvalue weighted by atomic mass is 10.1. The van der Waals surface area contributed by atoms with Crippen molar-refractivity contribution in [1.82, 2.24) is 24.1 Å². The van der Waals surface area contributed by atoms with E-state index in [2.05, 4.69) is 166 Å². The van der Waals surface area contributed by atoms with Gasteiger partial charge in [-0.15, -0.1) is 0 Å². The van der Waals surface area contributed by atoms with Crippen LogP contribution >= 0.6 is 0 Å². The molecule has 56 heavy (non-hydrogen) atoms. The highest BCUT2D eigenvalue weighted by Gasteiger charge is 2.41. The van der Waals surface area contributed by atoms with Gasteiger partial charge in [-0.1, -0.05) is 140 Å². The van der Waals surface area contributed by atoms with Gasteiger partial charge in [0.25, 0.3) is 0 Å². The lowest BCUT2D eigenvalue weighted by Crippen LogP contribution is -2.74. The fourth-order valence-electron chi connectivity index (χ4n) is 8.49. The first kappa shape index (κ1) is 32.1. The zero-order valence-corrected chi connectivity index (χ0v) is 31.2. The van der Waals surface area contributed by atoms with Crippen LogP contribution in [0.1, 0.15) is 0 Å². The van der Waals surface area contributed by atoms with Gasteiger partial charge in [-0.3, -0.25) is 9.13 Å². The summed E-state index contributed by atoms with van der Waals surface area (Å²) < 4.78 is 10.6. The summed E-state index contributed by atoms with van der Waals surface area (Å²) in [4.78, 5) is 14.7. The number of nitrogens with zero attached hydrogens (tertiary/aromatic N) is 5. The van der Waals surface area contributed by atoms with Crippen LogP contribution in [-0.4, -0.2) is 32.2 Å². The maximum absolute atomic E-state index is 6.47. The van der Waals surface area contributed by atoms with Gasteiger partial charge >= 0.3 is 0 Å². The van der Waals surface area contributed by atoms with Crippen molar-refractivity contribution in [1.29, 1.82) is 0 Å². The van der Waals surface area contributed by atoms with E-state index in [0.717, 1.165) is 66.8 Å². The molecule has 0 saturated heterocycles. The Morgan fingerprint density at radius 3 is 1.80 bits per heavy atom. The standard InChI is InChI=1S/C49H33N5OSi/c1-4-15-36(16-5-1)56(37-17-6-2-7-18-37,38-19-8-3-9-20-38)39-21-12-14-34(30-39)35-26-27-44-42(31-35)51-33-54(44)47-29-28-46-48(52-47)40-22-13-25-45(49(40)55-46)53-32-50-41-23-10-11-24-43(41)53/h1-33H. The third kappa shape index (κ3) is 4.98. The monoisotopic (exact) mass is 735 g/mol. The molecule has 0 aliphatic rings. The fraction of sp³-hybridized carbons (Fsp3) is 0. The van der Waals surface area contributed by atoms with Crippen LogP contribution in [-0.2, 0) is 0 Å². The third-order valence-electron chi connectivity index (χ3n) is 11.1. The Labute approximate surface area is 323 Å². The Bertz CT molecular complexity index is 3110. The number of benzene rings is 7. The first-order valence-corrected chi connectivity index (χ1v) is 20.8. The molecule has 6 nitrogen and oxygen atoms in total. The molecule has 7 aromatic carbocycles. The minimum absolute atomic E-state index is 0.730. The second-order valence-electron chi connectivity index (χ2n) is 14.1. The Morgan fingerprint density at radius 1 is 0.446 bits per heavy atom. The van der Waals surface area contributed by atoms with Crippen LogP contribution in [0.4, 0.5) is 0 Å². The summed E-state index contributed by atoms with van der Waals surface area (Å²) in [5.41, 5.74) is 9.36. The van der Waals surface area contributed by atoms with E-state index in [0.29, 0.717) is 0 Å². The average molecular weight is 736 g/mol. The highest BCUT2D eigenvalue weighted by atomic mass is 28.3. The number of para-hydroxylation sites is 3. The van der Waals surface area contributed by atoms with E-state index >= 15 is 0 Å². The van der Waals surface area contributed by atoms with Crippen molar-refractivity contribution >= 4 is 73.0 Å². The maximum Gasteiger partial charge on any atom is 0.179 e. The van der Waals surface area contributed by atoms with Gasteiger partial charge in [-0.05, 0) is 80.4 Å². The van der Waals surface area contributed by atoms with Gasteiger partial charge in [-0.25, -0.2) is 15.0 Å². The number of hydrogen-bond donors (Lipinski definition) is 0. The molecule has 0 unspecified atom stereocenters. The molecule has 0 aliphatic carbocycles. The summed E-state index contributed by atoms with van der Waals surface area (Å²) in [7, 11) is -2.67. The summed E-state index contributed by atoms with van der Waals surface area (Å²) in [6.45, 7) is 0. The summed E-state index contributed by atoms with van der Waals surface area (Å²) >= 11 is 0. The van der Waals surface area contributed by atoms with Gasteiger partial charge < -0.3 is 4.42 Å². The minimum atomic E-state index is -2.67. The van der Waals surface area contributed by atoms with Crippen LogP contribution in [0.25, 0.3) is 66.8 Å². The molecule has 0 radical (unpaired) electrons. The molecule has 0 atom stereocenters. The SMILES string of the molecule is c1ccc([Si](c2ccccc2)(c2ccccc2)c2cccc(-c3ccc4c(c3)ncn4-c3ccc4oc5c(-n6cnc7ccccc76)cccc5c4n3)c2)cc1.